The molecule has 2 aliphatic heterocycles. The summed E-state index contributed by atoms with van der Waals surface area (Å²) >= 11 is 0. The molecule has 0 aliphatic carbocycles. The average Bonchev–Trinajstić information content (AvgIpc) is 2.95. The molecule has 4 heteroatoms. The van der Waals surface area contributed by atoms with Crippen LogP contribution in [0.5, 0.6) is 0 Å². The summed E-state index contributed by atoms with van der Waals surface area (Å²) < 4.78 is 5.87. The Hall–Kier alpha value is -1.55. The van der Waals surface area contributed by atoms with E-state index in [1.165, 1.54) is 18.5 Å². The van der Waals surface area contributed by atoms with Crippen molar-refractivity contribution in [1.82, 2.24) is 9.97 Å². The number of ether oxygens (including phenoxy) is 1. The van der Waals surface area contributed by atoms with Gasteiger partial charge in [-0.2, -0.15) is 0 Å². The zero-order valence-electron chi connectivity index (χ0n) is 9.60. The second-order valence-corrected chi connectivity index (χ2v) is 4.94. The molecule has 4 rings (SSSR count). The smallest absolute Gasteiger partial charge is 0.112 e. The number of fused-ring (bicyclic) bond motifs is 3. The molecule has 2 fully saturated rings. The van der Waals surface area contributed by atoms with Gasteiger partial charge >= 0.3 is 0 Å². The normalized spacial score (nSPS) is 27.9. The summed E-state index contributed by atoms with van der Waals surface area (Å²) in [5, 5.41) is 0. The Bertz CT molecular complexity index is 538. The van der Waals surface area contributed by atoms with E-state index in [1.54, 1.807) is 6.33 Å². The predicted octanol–water partition coefficient (Wildman–Crippen LogP) is 1.93. The van der Waals surface area contributed by atoms with E-state index >= 15 is 0 Å². The summed E-state index contributed by atoms with van der Waals surface area (Å²) in [5.41, 5.74) is 3.43. The van der Waals surface area contributed by atoms with Crippen LogP contribution in [0, 0.1) is 0 Å². The molecule has 2 unspecified atom stereocenters. The fourth-order valence-corrected chi connectivity index (χ4v) is 3.02. The molecule has 2 aliphatic rings. The number of benzene rings is 1. The molecular weight excluding hydrogens is 214 g/mol. The van der Waals surface area contributed by atoms with Crippen molar-refractivity contribution in [1.29, 1.82) is 0 Å². The maximum absolute atomic E-state index is 5.87. The monoisotopic (exact) mass is 229 g/mol. The van der Waals surface area contributed by atoms with Crippen molar-refractivity contribution >= 4 is 16.7 Å². The van der Waals surface area contributed by atoms with Crippen LogP contribution in [0.15, 0.2) is 24.5 Å². The summed E-state index contributed by atoms with van der Waals surface area (Å²) in [5.74, 6) is 0. The van der Waals surface area contributed by atoms with Crippen LogP contribution in [0.1, 0.15) is 12.8 Å². The molecule has 17 heavy (non-hydrogen) atoms. The Balaban J connectivity index is 1.76. The molecule has 2 bridgehead atoms. The molecule has 2 saturated heterocycles. The number of para-hydroxylation sites is 1. The number of hydrogen-bond acceptors (Lipinski definition) is 3. The van der Waals surface area contributed by atoms with Gasteiger partial charge < -0.3 is 14.6 Å². The van der Waals surface area contributed by atoms with Crippen LogP contribution >= 0.6 is 0 Å². The van der Waals surface area contributed by atoms with E-state index in [0.29, 0.717) is 12.2 Å². The molecule has 3 heterocycles. The minimum absolute atomic E-state index is 0.419. The van der Waals surface area contributed by atoms with Crippen LogP contribution in [0.25, 0.3) is 11.0 Å². The summed E-state index contributed by atoms with van der Waals surface area (Å²) in [7, 11) is 0. The third-order valence-electron chi connectivity index (χ3n) is 3.81. The highest BCUT2D eigenvalue weighted by atomic mass is 16.5. The largest absolute Gasteiger partial charge is 0.371 e. The lowest BCUT2D eigenvalue weighted by Crippen LogP contribution is -2.42. The van der Waals surface area contributed by atoms with Gasteiger partial charge in [-0.3, -0.25) is 0 Å². The van der Waals surface area contributed by atoms with Crippen LogP contribution in [-0.4, -0.2) is 35.3 Å². The summed E-state index contributed by atoms with van der Waals surface area (Å²) in [4.78, 5) is 10.0. The zero-order chi connectivity index (χ0) is 11.2. The molecule has 2 atom stereocenters. The molecule has 88 valence electrons. The quantitative estimate of drug-likeness (QED) is 0.812. The van der Waals surface area contributed by atoms with E-state index in [4.69, 9.17) is 4.74 Å². The van der Waals surface area contributed by atoms with E-state index in [1.807, 2.05) is 0 Å². The molecule has 0 spiro atoms. The van der Waals surface area contributed by atoms with Gasteiger partial charge in [0.05, 0.1) is 29.7 Å². The highest BCUT2D eigenvalue weighted by molar-refractivity contribution is 5.88. The molecule has 1 aromatic heterocycles. The van der Waals surface area contributed by atoms with Gasteiger partial charge in [0, 0.05) is 13.1 Å². The fourth-order valence-electron chi connectivity index (χ4n) is 3.02. The van der Waals surface area contributed by atoms with E-state index in [2.05, 4.69) is 33.1 Å². The van der Waals surface area contributed by atoms with Crippen molar-refractivity contribution in [2.24, 2.45) is 0 Å². The van der Waals surface area contributed by atoms with Gasteiger partial charge in [-0.05, 0) is 25.0 Å². The van der Waals surface area contributed by atoms with Crippen molar-refractivity contribution < 1.29 is 4.74 Å². The number of morpholine rings is 1. The molecule has 0 saturated carbocycles. The van der Waals surface area contributed by atoms with Crippen molar-refractivity contribution in [3.05, 3.63) is 24.5 Å². The standard InChI is InChI=1S/C13H15N3O/c1-2-11-13(15-8-14-11)12(3-1)16-6-9-4-5-10(7-16)17-9/h1-3,8-10H,4-7H2,(H,14,15). The van der Waals surface area contributed by atoms with Crippen molar-refractivity contribution in [3.8, 4) is 0 Å². The first-order valence-corrected chi connectivity index (χ1v) is 6.22. The molecular formula is C13H15N3O. The number of nitrogens with one attached hydrogen (secondary N) is 1. The van der Waals surface area contributed by atoms with Crippen LogP contribution in [0.2, 0.25) is 0 Å². The number of nitrogens with zero attached hydrogens (tertiary/aromatic N) is 2. The fraction of sp³-hybridized carbons (Fsp3) is 0.462. The molecule has 4 nitrogen and oxygen atoms in total. The Morgan fingerprint density at radius 1 is 1.24 bits per heavy atom. The van der Waals surface area contributed by atoms with E-state index in [-0.39, 0.29) is 0 Å². The summed E-state index contributed by atoms with van der Waals surface area (Å²) in [6.07, 6.45) is 5.02. The molecule has 2 aromatic rings. The van der Waals surface area contributed by atoms with Crippen molar-refractivity contribution in [2.75, 3.05) is 18.0 Å². The van der Waals surface area contributed by atoms with Gasteiger partial charge in [-0.1, -0.05) is 6.07 Å². The number of H-pyrrole nitrogens is 1. The van der Waals surface area contributed by atoms with Gasteiger partial charge in [-0.15, -0.1) is 0 Å². The Morgan fingerprint density at radius 3 is 2.88 bits per heavy atom. The van der Waals surface area contributed by atoms with Gasteiger partial charge in [-0.25, -0.2) is 4.98 Å². The van der Waals surface area contributed by atoms with E-state index in [0.717, 1.165) is 24.1 Å². The number of aromatic nitrogens is 2. The maximum Gasteiger partial charge on any atom is 0.112 e. The van der Waals surface area contributed by atoms with Gasteiger partial charge in [0.25, 0.3) is 0 Å². The first-order valence-electron chi connectivity index (χ1n) is 6.22. The zero-order valence-corrected chi connectivity index (χ0v) is 9.60. The molecule has 1 aromatic carbocycles. The highest BCUT2D eigenvalue weighted by Crippen LogP contribution is 2.32. The number of hydrogen-bond donors (Lipinski definition) is 1. The average molecular weight is 229 g/mol. The Labute approximate surface area is 99.6 Å². The van der Waals surface area contributed by atoms with Crippen LogP contribution in [-0.2, 0) is 4.74 Å². The van der Waals surface area contributed by atoms with Crippen LogP contribution < -0.4 is 4.90 Å². The highest BCUT2D eigenvalue weighted by Gasteiger charge is 2.34. The van der Waals surface area contributed by atoms with E-state index < -0.39 is 0 Å². The van der Waals surface area contributed by atoms with Gasteiger partial charge in [0.15, 0.2) is 0 Å². The lowest BCUT2D eigenvalue weighted by molar-refractivity contribution is 0.0306. The lowest BCUT2D eigenvalue weighted by atomic mass is 10.2. The predicted molar refractivity (Wildman–Crippen MR) is 66.2 cm³/mol. The van der Waals surface area contributed by atoms with Crippen LogP contribution in [0.3, 0.4) is 0 Å². The minimum atomic E-state index is 0.419. The Morgan fingerprint density at radius 2 is 2.06 bits per heavy atom. The molecule has 0 radical (unpaired) electrons. The second-order valence-electron chi connectivity index (χ2n) is 4.94. The number of rotatable bonds is 1. The lowest BCUT2D eigenvalue weighted by Gasteiger charge is -2.33. The topological polar surface area (TPSA) is 41.1 Å². The van der Waals surface area contributed by atoms with Crippen molar-refractivity contribution in [2.45, 2.75) is 25.0 Å². The van der Waals surface area contributed by atoms with Gasteiger partial charge in [0.2, 0.25) is 0 Å². The molecule has 0 amide bonds. The van der Waals surface area contributed by atoms with E-state index in [9.17, 15) is 0 Å². The second kappa shape index (κ2) is 3.47. The number of anilines is 1. The molecule has 1 N–H and O–H groups in total. The maximum atomic E-state index is 5.87. The minimum Gasteiger partial charge on any atom is -0.371 e. The summed E-state index contributed by atoms with van der Waals surface area (Å²) in [6.45, 7) is 2.00. The number of imidazole rings is 1. The number of aromatic amines is 1. The SMILES string of the molecule is c1cc(N2CC3CCC(C2)O3)c2nc[nH]c2c1. The van der Waals surface area contributed by atoms with Gasteiger partial charge in [0.1, 0.15) is 5.52 Å². The first kappa shape index (κ1) is 9.48. The third-order valence-corrected chi connectivity index (χ3v) is 3.81. The third kappa shape index (κ3) is 1.44. The van der Waals surface area contributed by atoms with Crippen molar-refractivity contribution in [3.63, 3.8) is 0 Å². The Kier molecular flexibility index (Phi) is 1.93. The van der Waals surface area contributed by atoms with Crippen LogP contribution in [0.4, 0.5) is 5.69 Å². The first-order chi connectivity index (χ1) is 8.40. The summed E-state index contributed by atoms with van der Waals surface area (Å²) in [6, 6.07) is 6.32.